The van der Waals surface area contributed by atoms with Crippen molar-refractivity contribution in [2.45, 2.75) is 65.8 Å². The fraction of sp³-hybridized carbons (Fsp3) is 0.621. The number of nitrogens with zero attached hydrogens (tertiary/aromatic N) is 4. The van der Waals surface area contributed by atoms with E-state index in [1.807, 2.05) is 39.8 Å². The highest BCUT2D eigenvalue weighted by atomic mass is 35.5. The van der Waals surface area contributed by atoms with E-state index in [9.17, 15) is 9.90 Å². The van der Waals surface area contributed by atoms with Gasteiger partial charge in [-0.25, -0.2) is 4.98 Å². The lowest BCUT2D eigenvalue weighted by atomic mass is 9.82. The second-order valence-electron chi connectivity index (χ2n) is 11.5. The molecule has 0 bridgehead atoms. The molecule has 0 spiro atoms. The van der Waals surface area contributed by atoms with Gasteiger partial charge in [0, 0.05) is 29.7 Å². The molecule has 10 heteroatoms. The van der Waals surface area contributed by atoms with E-state index in [4.69, 9.17) is 44.8 Å². The highest BCUT2D eigenvalue weighted by Crippen LogP contribution is 2.36. The third-order valence-corrected chi connectivity index (χ3v) is 9.79. The number of carbonyl (C=O) groups is 1. The Hall–Kier alpha value is -1.80. The van der Waals surface area contributed by atoms with Crippen molar-refractivity contribution in [2.75, 3.05) is 42.9 Å². The number of hydrogen-bond acceptors (Lipinski definition) is 6. The Labute approximate surface area is 247 Å². The Morgan fingerprint density at radius 1 is 1.18 bits per heavy atom. The molecule has 4 rings (SSSR count). The average molecular weight is 597 g/mol. The summed E-state index contributed by atoms with van der Waals surface area (Å²) in [6.45, 7) is 12.5. The number of halogens is 3. The molecule has 2 aliphatic rings. The summed E-state index contributed by atoms with van der Waals surface area (Å²) >= 11 is 19.1. The molecule has 3 heterocycles. The number of carboxylic acids is 1. The molecule has 2 aromatic rings. The van der Waals surface area contributed by atoms with Gasteiger partial charge in [0.1, 0.15) is 5.02 Å². The quantitative estimate of drug-likeness (QED) is 0.297. The zero-order valence-corrected chi connectivity index (χ0v) is 25.6. The second-order valence-corrected chi connectivity index (χ2v) is 12.7. The lowest BCUT2D eigenvalue weighted by Gasteiger charge is -2.37. The zero-order valence-electron chi connectivity index (χ0n) is 23.3. The van der Waals surface area contributed by atoms with Crippen LogP contribution in [0.5, 0.6) is 0 Å². The minimum atomic E-state index is -0.692. The highest BCUT2D eigenvalue weighted by molar-refractivity contribution is 6.35. The Morgan fingerprint density at radius 2 is 1.92 bits per heavy atom. The van der Waals surface area contributed by atoms with Crippen LogP contribution >= 0.6 is 34.8 Å². The van der Waals surface area contributed by atoms with Gasteiger partial charge in [0.05, 0.1) is 17.2 Å². The maximum atomic E-state index is 11.7. The van der Waals surface area contributed by atoms with Crippen molar-refractivity contribution in [1.82, 2.24) is 14.9 Å². The van der Waals surface area contributed by atoms with Crippen LogP contribution in [-0.4, -0.2) is 58.7 Å². The van der Waals surface area contributed by atoms with Crippen molar-refractivity contribution < 1.29 is 9.90 Å². The maximum Gasteiger partial charge on any atom is 0.309 e. The van der Waals surface area contributed by atoms with Gasteiger partial charge in [-0.15, -0.1) is 0 Å². The number of piperidine rings is 1. The van der Waals surface area contributed by atoms with E-state index in [0.717, 1.165) is 56.8 Å². The first-order valence-electron chi connectivity index (χ1n) is 14.0. The zero-order chi connectivity index (χ0) is 28.3. The molecule has 7 nitrogen and oxygen atoms in total. The van der Waals surface area contributed by atoms with Crippen LogP contribution in [0.4, 0.5) is 11.8 Å². The van der Waals surface area contributed by atoms with Gasteiger partial charge in [-0.05, 0) is 95.5 Å². The van der Waals surface area contributed by atoms with E-state index < -0.39 is 11.4 Å². The standard InChI is InChI=1S/C29H40Cl3N5O2/c1-5-29(4,27(38)39)11-14-36-12-6-7-20(16-36)21-10-13-37(17-21)28-34-19(3)25(32)26(35-28)33-18(2)23-9-8-22(30)15-24(23)31/h8-9,15,18,20-21H,5-7,10-14,16-17H2,1-4H3,(H,38,39)(H,33,34,35). The number of hydrogen-bond donors (Lipinski definition) is 2. The molecular formula is C29H40Cl3N5O2. The van der Waals surface area contributed by atoms with Crippen molar-refractivity contribution in [3.8, 4) is 0 Å². The summed E-state index contributed by atoms with van der Waals surface area (Å²) in [6.07, 6.45) is 4.82. The number of aliphatic carboxylic acids is 1. The largest absolute Gasteiger partial charge is 0.481 e. The summed E-state index contributed by atoms with van der Waals surface area (Å²) in [7, 11) is 0. The van der Waals surface area contributed by atoms with Gasteiger partial charge < -0.3 is 20.2 Å². The molecule has 2 N–H and O–H groups in total. The van der Waals surface area contributed by atoms with Crippen LogP contribution in [0, 0.1) is 24.2 Å². The molecule has 4 atom stereocenters. The second kappa shape index (κ2) is 12.8. The summed E-state index contributed by atoms with van der Waals surface area (Å²) in [6, 6.07) is 5.35. The van der Waals surface area contributed by atoms with Crippen LogP contribution in [0.2, 0.25) is 15.1 Å². The lowest BCUT2D eigenvalue weighted by Crippen LogP contribution is -2.41. The number of rotatable bonds is 10. The molecule has 0 aliphatic carbocycles. The molecule has 2 fully saturated rings. The van der Waals surface area contributed by atoms with Gasteiger partial charge >= 0.3 is 5.97 Å². The molecule has 2 saturated heterocycles. The lowest BCUT2D eigenvalue weighted by molar-refractivity contribution is -0.148. The van der Waals surface area contributed by atoms with Crippen LogP contribution in [-0.2, 0) is 4.79 Å². The minimum absolute atomic E-state index is 0.121. The number of likely N-dealkylation sites (tertiary alicyclic amines) is 1. The summed E-state index contributed by atoms with van der Waals surface area (Å²) in [4.78, 5) is 26.1. The number of carboxylic acid groups (broad SMARTS) is 1. The van der Waals surface area contributed by atoms with Crippen molar-refractivity contribution in [3.05, 3.63) is 44.5 Å². The molecule has 0 saturated carbocycles. The highest BCUT2D eigenvalue weighted by Gasteiger charge is 2.36. The monoisotopic (exact) mass is 595 g/mol. The van der Waals surface area contributed by atoms with Crippen LogP contribution < -0.4 is 10.2 Å². The van der Waals surface area contributed by atoms with Crippen LogP contribution in [0.1, 0.15) is 70.2 Å². The van der Waals surface area contributed by atoms with E-state index in [1.165, 1.54) is 6.42 Å². The van der Waals surface area contributed by atoms with Crippen molar-refractivity contribution in [3.63, 3.8) is 0 Å². The fourth-order valence-corrected chi connectivity index (χ4v) is 6.50. The predicted molar refractivity (Wildman–Crippen MR) is 160 cm³/mol. The predicted octanol–water partition coefficient (Wildman–Crippen LogP) is 7.35. The van der Waals surface area contributed by atoms with E-state index in [2.05, 4.69) is 15.1 Å². The Balaban J connectivity index is 1.40. The minimum Gasteiger partial charge on any atom is -0.481 e. The number of benzene rings is 1. The molecule has 2 aliphatic heterocycles. The fourth-order valence-electron chi connectivity index (χ4n) is 5.79. The van der Waals surface area contributed by atoms with Gasteiger partial charge in [-0.1, -0.05) is 47.8 Å². The number of aryl methyl sites for hydroxylation is 1. The Morgan fingerprint density at radius 3 is 2.62 bits per heavy atom. The molecule has 214 valence electrons. The molecule has 4 unspecified atom stereocenters. The van der Waals surface area contributed by atoms with Gasteiger partial charge in [0.2, 0.25) is 5.95 Å². The van der Waals surface area contributed by atoms with E-state index in [0.29, 0.717) is 51.5 Å². The summed E-state index contributed by atoms with van der Waals surface area (Å²) < 4.78 is 0. The van der Waals surface area contributed by atoms with Crippen LogP contribution in [0.25, 0.3) is 0 Å². The molecular weight excluding hydrogens is 557 g/mol. The summed E-state index contributed by atoms with van der Waals surface area (Å²) in [5.41, 5.74) is 1.01. The SMILES string of the molecule is CCC(C)(CCN1CCCC(C2CCN(c3nc(C)c(Cl)c(NC(C)c4ccc(Cl)cc4Cl)n3)C2)C1)C(=O)O. The molecule has 0 amide bonds. The Bertz CT molecular complexity index is 1180. The third-order valence-electron chi connectivity index (χ3n) is 8.78. The normalized spacial score (nSPS) is 22.5. The van der Waals surface area contributed by atoms with Crippen LogP contribution in [0.15, 0.2) is 18.2 Å². The van der Waals surface area contributed by atoms with Crippen LogP contribution in [0.3, 0.4) is 0 Å². The van der Waals surface area contributed by atoms with Crippen molar-refractivity contribution in [2.24, 2.45) is 17.3 Å². The number of anilines is 2. The number of aromatic nitrogens is 2. The van der Waals surface area contributed by atoms with Gasteiger partial charge in [0.15, 0.2) is 5.82 Å². The maximum absolute atomic E-state index is 11.7. The smallest absolute Gasteiger partial charge is 0.309 e. The summed E-state index contributed by atoms with van der Waals surface area (Å²) in [5.74, 6) is 1.77. The van der Waals surface area contributed by atoms with E-state index >= 15 is 0 Å². The van der Waals surface area contributed by atoms with E-state index in [-0.39, 0.29) is 6.04 Å². The van der Waals surface area contributed by atoms with Crippen molar-refractivity contribution >= 4 is 52.5 Å². The van der Waals surface area contributed by atoms with E-state index in [1.54, 1.807) is 6.07 Å². The van der Waals surface area contributed by atoms with Gasteiger partial charge in [-0.2, -0.15) is 4.98 Å². The average Bonchev–Trinajstić information content (AvgIpc) is 3.40. The van der Waals surface area contributed by atoms with Crippen molar-refractivity contribution in [1.29, 1.82) is 0 Å². The molecule has 1 aromatic heterocycles. The summed E-state index contributed by atoms with van der Waals surface area (Å²) in [5, 5.41) is 14.8. The number of nitrogens with one attached hydrogen (secondary N) is 1. The molecule has 1 aromatic carbocycles. The van der Waals surface area contributed by atoms with Gasteiger partial charge in [-0.3, -0.25) is 4.79 Å². The Kier molecular flexibility index (Phi) is 9.90. The first-order chi connectivity index (χ1) is 18.5. The topological polar surface area (TPSA) is 81.6 Å². The third kappa shape index (κ3) is 7.10. The first-order valence-corrected chi connectivity index (χ1v) is 15.1. The molecule has 39 heavy (non-hydrogen) atoms. The first kappa shape index (κ1) is 30.2. The van der Waals surface area contributed by atoms with Gasteiger partial charge in [0.25, 0.3) is 0 Å². The molecule has 0 radical (unpaired) electrons.